The van der Waals surface area contributed by atoms with Gasteiger partial charge in [0.2, 0.25) is 11.8 Å². The molecule has 3 aliphatic heterocycles. The maximum absolute atomic E-state index is 14.2. The number of piperidine rings is 2. The molecule has 97 heavy (non-hydrogen) atoms. The fourth-order valence-electron chi connectivity index (χ4n) is 13.7. The molecule has 0 bridgehead atoms. The molecule has 2 atom stereocenters. The molecule has 1 aliphatic carbocycles. The molecule has 6 aromatic carbocycles. The van der Waals surface area contributed by atoms with Crippen molar-refractivity contribution in [3.63, 3.8) is 0 Å². The van der Waals surface area contributed by atoms with Crippen molar-refractivity contribution < 1.29 is 68.9 Å². The highest BCUT2D eigenvalue weighted by Crippen LogP contribution is 2.48. The number of rotatable bonds is 26. The number of anilines is 2. The van der Waals surface area contributed by atoms with E-state index in [0.29, 0.717) is 107 Å². The molecule has 0 unspecified atom stereocenters. The number of carbonyl (C=O) groups is 5. The second-order valence-corrected chi connectivity index (χ2v) is 26.0. The van der Waals surface area contributed by atoms with Gasteiger partial charge in [-0.2, -0.15) is 26.3 Å². The number of ether oxygens (including phenoxy) is 3. The average Bonchev–Trinajstić information content (AvgIpc) is 1.61. The van der Waals surface area contributed by atoms with Gasteiger partial charge in [-0.05, 0) is 148 Å². The maximum Gasteiger partial charge on any atom is 0.416 e. The number of halogens is 7. The highest BCUT2D eigenvalue weighted by atomic mass is 19.4. The number of alkyl halides is 6. The van der Waals surface area contributed by atoms with Crippen molar-refractivity contribution in [2.24, 2.45) is 0 Å². The molecular formula is C74H85F7N8O8. The van der Waals surface area contributed by atoms with Gasteiger partial charge in [-0.25, -0.2) is 9.18 Å². The Morgan fingerprint density at radius 1 is 0.649 bits per heavy atom. The zero-order valence-corrected chi connectivity index (χ0v) is 55.1. The Bertz CT molecular complexity index is 3640. The highest BCUT2D eigenvalue weighted by Gasteiger charge is 2.50. The van der Waals surface area contributed by atoms with Crippen molar-refractivity contribution >= 4 is 41.1 Å². The molecule has 23 heteroatoms. The van der Waals surface area contributed by atoms with Crippen molar-refractivity contribution in [3.8, 4) is 11.1 Å². The van der Waals surface area contributed by atoms with Crippen molar-refractivity contribution in [1.29, 1.82) is 0 Å². The van der Waals surface area contributed by atoms with E-state index in [9.17, 15) is 54.7 Å². The number of hydrogen-bond donors (Lipinski definition) is 2. The van der Waals surface area contributed by atoms with Crippen LogP contribution in [0.25, 0.3) is 11.1 Å². The molecule has 518 valence electrons. The van der Waals surface area contributed by atoms with Crippen molar-refractivity contribution in [2.75, 3.05) is 117 Å². The molecule has 2 N–H and O–H groups in total. The van der Waals surface area contributed by atoms with Gasteiger partial charge in [0.25, 0.3) is 11.8 Å². The first kappa shape index (κ1) is 71.4. The topological polar surface area (TPSA) is 157 Å². The maximum atomic E-state index is 14.2. The fraction of sp³-hybridized carbons (Fsp3) is 0.446. The Hall–Kier alpha value is -8.38. The zero-order chi connectivity index (χ0) is 68.9. The van der Waals surface area contributed by atoms with Gasteiger partial charge in [-0.1, -0.05) is 97.4 Å². The predicted molar refractivity (Wildman–Crippen MR) is 355 cm³/mol. The number of para-hydroxylation sites is 1. The third-order valence-corrected chi connectivity index (χ3v) is 19.5. The summed E-state index contributed by atoms with van der Waals surface area (Å²) in [5, 5.41) is 6.35. The van der Waals surface area contributed by atoms with E-state index < -0.39 is 64.6 Å². The SMILES string of the molecule is CN(CCN1CCC(OC(=O)Nc2ccccc2-c2ccccc2)CC1)C(=O)CCCCCNc1cccc(C(=O)N(C)CCCN(C)C(=O)CO[C@H]2Cc3ccccc3C23CCN(CC[C@]2(c4ccc(F)cc4)CN(C(=O)c4cc(C(F)(F)F)cc(C(F)(F)F)c4)CO2)CC3)c1. The van der Waals surface area contributed by atoms with Gasteiger partial charge in [-0.3, -0.25) is 24.5 Å². The number of nitrogens with zero attached hydrogens (tertiary/aromatic N) is 6. The first-order valence-corrected chi connectivity index (χ1v) is 33.3. The average molecular weight is 1350 g/mol. The number of unbranched alkanes of at least 4 members (excludes halogenated alkanes) is 2. The normalized spacial score (nSPS) is 18.2. The van der Waals surface area contributed by atoms with Gasteiger partial charge in [0.05, 0.1) is 29.5 Å². The number of carbonyl (C=O) groups excluding carboxylic acids is 5. The third-order valence-electron chi connectivity index (χ3n) is 19.5. The smallest absolute Gasteiger partial charge is 0.416 e. The van der Waals surface area contributed by atoms with E-state index in [-0.39, 0.29) is 55.6 Å². The van der Waals surface area contributed by atoms with Gasteiger partial charge >= 0.3 is 18.4 Å². The van der Waals surface area contributed by atoms with Gasteiger partial charge in [0.15, 0.2) is 0 Å². The predicted octanol–water partition coefficient (Wildman–Crippen LogP) is 13.0. The molecule has 4 aliphatic rings. The molecule has 0 aromatic heterocycles. The second-order valence-electron chi connectivity index (χ2n) is 26.0. The molecule has 1 spiro atoms. The number of likely N-dealkylation sites (tertiary alicyclic amines) is 2. The minimum atomic E-state index is -5.15. The van der Waals surface area contributed by atoms with Crippen LogP contribution in [0.15, 0.2) is 146 Å². The fourth-order valence-corrected chi connectivity index (χ4v) is 13.7. The first-order valence-electron chi connectivity index (χ1n) is 33.3. The van der Waals surface area contributed by atoms with Crippen LogP contribution < -0.4 is 10.6 Å². The minimum Gasteiger partial charge on any atom is -0.446 e. The van der Waals surface area contributed by atoms with E-state index >= 15 is 0 Å². The van der Waals surface area contributed by atoms with E-state index in [1.807, 2.05) is 92.0 Å². The molecule has 3 saturated heterocycles. The Labute approximate surface area is 562 Å². The molecule has 0 radical (unpaired) electrons. The van der Waals surface area contributed by atoms with Crippen LogP contribution in [0.1, 0.15) is 113 Å². The van der Waals surface area contributed by atoms with E-state index in [2.05, 4.69) is 32.6 Å². The number of hydrogen-bond acceptors (Lipinski definition) is 11. The van der Waals surface area contributed by atoms with E-state index in [1.54, 1.807) is 34.9 Å². The summed E-state index contributed by atoms with van der Waals surface area (Å²) in [6, 6.07) is 39.3. The summed E-state index contributed by atoms with van der Waals surface area (Å²) < 4.78 is 116. The number of benzene rings is 6. The standard InChI is InChI=1S/C74H85F7N8O8/c1-84(35-15-36-86(3)68(92)54-19-14-20-60(46-54)82-34-13-5-8-24-66(90)85(2)42-43-87-37-29-61(30-38-87)97-70(94)83-64-23-12-10-21-62(64)52-16-6-4-7-17-52)67(91)49-95-65-47-53-18-9-11-22-63(53)71(65)31-39-88(40-32-71)41-33-72(56-25-27-59(75)28-26-56)50-89(51-96-72)69(93)55-44-57(73(76,77)78)48-58(45-55)74(79,80)81/h4,6-7,9-12,14,16-23,25-28,44-46,48,61,65,82H,5,8,13,15,24,29-43,47,49-51H2,1-3H3,(H,83,94)/t65-,72+/m0/s1. The van der Waals surface area contributed by atoms with Crippen molar-refractivity contribution in [2.45, 2.75) is 106 Å². The summed E-state index contributed by atoms with van der Waals surface area (Å²) >= 11 is 0. The lowest BCUT2D eigenvalue weighted by Gasteiger charge is -2.44. The quantitative estimate of drug-likeness (QED) is 0.0394. The summed E-state index contributed by atoms with van der Waals surface area (Å²) in [7, 11) is 5.30. The van der Waals surface area contributed by atoms with Gasteiger partial charge in [0.1, 0.15) is 30.9 Å². The summed E-state index contributed by atoms with van der Waals surface area (Å²) in [5.41, 5.74) is 1.09. The van der Waals surface area contributed by atoms with Crippen LogP contribution >= 0.6 is 0 Å². The molecule has 10 rings (SSSR count). The molecule has 3 heterocycles. The highest BCUT2D eigenvalue weighted by molar-refractivity contribution is 5.96. The lowest BCUT2D eigenvalue weighted by Crippen LogP contribution is -2.50. The summed E-state index contributed by atoms with van der Waals surface area (Å²) in [5.74, 6) is -1.85. The molecule has 6 aromatic rings. The molecular weight excluding hydrogens is 1260 g/mol. The van der Waals surface area contributed by atoms with Crippen LogP contribution in [0, 0.1) is 5.82 Å². The first-order chi connectivity index (χ1) is 46.5. The lowest BCUT2D eigenvalue weighted by molar-refractivity contribution is -0.143. The van der Waals surface area contributed by atoms with Crippen molar-refractivity contribution in [1.82, 2.24) is 29.4 Å². The van der Waals surface area contributed by atoms with Crippen molar-refractivity contribution in [3.05, 3.63) is 190 Å². The van der Waals surface area contributed by atoms with Gasteiger partial charge in [-0.15, -0.1) is 0 Å². The second kappa shape index (κ2) is 31.9. The summed E-state index contributed by atoms with van der Waals surface area (Å²) in [6.07, 6.45) is -4.15. The number of fused-ring (bicyclic) bond motifs is 2. The number of likely N-dealkylation sites (N-methyl/N-ethyl adjacent to an activating group) is 2. The number of amides is 5. The van der Waals surface area contributed by atoms with Gasteiger partial charge < -0.3 is 48.9 Å². The van der Waals surface area contributed by atoms with Crippen LogP contribution in [0.3, 0.4) is 0 Å². The van der Waals surface area contributed by atoms with E-state index in [4.69, 9.17) is 14.2 Å². The van der Waals surface area contributed by atoms with Crippen LogP contribution in [-0.2, 0) is 53.6 Å². The minimum absolute atomic E-state index is 0.0286. The Balaban J connectivity index is 0.613. The third kappa shape index (κ3) is 18.2. The molecule has 5 amide bonds. The Kier molecular flexibility index (Phi) is 23.5. The molecule has 0 saturated carbocycles. The largest absolute Gasteiger partial charge is 0.446 e. The monoisotopic (exact) mass is 1350 g/mol. The zero-order valence-electron chi connectivity index (χ0n) is 55.1. The molecule has 16 nitrogen and oxygen atoms in total. The van der Waals surface area contributed by atoms with E-state index in [0.717, 1.165) is 84.6 Å². The summed E-state index contributed by atoms with van der Waals surface area (Å²) in [6.45, 7) is 5.23. The Morgan fingerprint density at radius 3 is 2.03 bits per heavy atom. The van der Waals surface area contributed by atoms with Crippen LogP contribution in [0.2, 0.25) is 0 Å². The summed E-state index contributed by atoms with van der Waals surface area (Å²) in [4.78, 5) is 77.6. The Morgan fingerprint density at radius 2 is 1.31 bits per heavy atom. The van der Waals surface area contributed by atoms with E-state index in [1.165, 1.54) is 24.3 Å². The molecule has 3 fully saturated rings. The lowest BCUT2D eigenvalue weighted by atomic mass is 9.72. The van der Waals surface area contributed by atoms with Gasteiger partial charge in [0, 0.05) is 108 Å². The van der Waals surface area contributed by atoms with Crippen LogP contribution in [0.5, 0.6) is 0 Å². The number of nitrogens with one attached hydrogen (secondary N) is 2. The van der Waals surface area contributed by atoms with Crippen LogP contribution in [-0.4, -0.2) is 178 Å². The van der Waals surface area contributed by atoms with Crippen LogP contribution in [0.4, 0.5) is 46.9 Å².